The van der Waals surface area contributed by atoms with E-state index in [4.69, 9.17) is 11.5 Å². The van der Waals surface area contributed by atoms with E-state index in [0.29, 0.717) is 0 Å². The van der Waals surface area contributed by atoms with Crippen LogP contribution in [0.25, 0.3) is 0 Å². The molecule has 4 unspecified atom stereocenters. The second kappa shape index (κ2) is 15.2. The number of benzene rings is 1. The van der Waals surface area contributed by atoms with Crippen LogP contribution >= 0.6 is 0 Å². The monoisotopic (exact) mass is 521 g/mol. The lowest BCUT2D eigenvalue weighted by molar-refractivity contribution is -0.144. The maximum Gasteiger partial charge on any atom is 0.326 e. The van der Waals surface area contributed by atoms with Gasteiger partial charge in [0.2, 0.25) is 23.6 Å². The zero-order chi connectivity index (χ0) is 28.1. The Balaban J connectivity index is 2.97. The number of hydrogen-bond donors (Lipinski definition) is 7. The minimum atomic E-state index is -1.65. The first-order valence-electron chi connectivity index (χ1n) is 11.7. The summed E-state index contributed by atoms with van der Waals surface area (Å²) in [6.45, 7) is 3.60. The van der Waals surface area contributed by atoms with Crippen molar-refractivity contribution in [2.45, 2.75) is 70.1 Å². The number of carbonyl (C=O) groups excluding carboxylic acids is 4. The van der Waals surface area contributed by atoms with Gasteiger partial charge in [0.05, 0.1) is 12.5 Å². The van der Waals surface area contributed by atoms with Gasteiger partial charge in [-0.15, -0.1) is 0 Å². The molecule has 0 radical (unpaired) electrons. The predicted molar refractivity (Wildman–Crippen MR) is 132 cm³/mol. The fourth-order valence-corrected chi connectivity index (χ4v) is 3.41. The summed E-state index contributed by atoms with van der Waals surface area (Å²) >= 11 is 0. The van der Waals surface area contributed by atoms with Crippen molar-refractivity contribution in [3.05, 3.63) is 35.9 Å². The highest BCUT2D eigenvalue weighted by molar-refractivity contribution is 5.95. The Morgan fingerprint density at radius 2 is 1.38 bits per heavy atom. The summed E-state index contributed by atoms with van der Waals surface area (Å²) in [5, 5.41) is 25.5. The van der Waals surface area contributed by atoms with Crippen LogP contribution in [0.5, 0.6) is 0 Å². The molecule has 0 heterocycles. The Bertz CT molecular complexity index is 969. The number of primary amides is 1. The van der Waals surface area contributed by atoms with Crippen LogP contribution in [-0.4, -0.2) is 69.9 Å². The molecular formula is C24H35N5O8. The number of carboxylic acid groups (broad SMARTS) is 2. The predicted octanol–water partition coefficient (Wildman–Crippen LogP) is -1.12. The van der Waals surface area contributed by atoms with Crippen LogP contribution in [0.15, 0.2) is 30.3 Å². The van der Waals surface area contributed by atoms with E-state index in [1.165, 1.54) is 0 Å². The first-order valence-corrected chi connectivity index (χ1v) is 11.7. The van der Waals surface area contributed by atoms with E-state index in [9.17, 15) is 39.0 Å². The maximum atomic E-state index is 13.0. The number of nitrogens with two attached hydrogens (primary N) is 2. The molecule has 204 valence electrons. The number of carboxylic acids is 2. The second-order valence-corrected chi connectivity index (χ2v) is 9.05. The quantitative estimate of drug-likeness (QED) is 0.139. The van der Waals surface area contributed by atoms with E-state index in [1.807, 2.05) is 6.07 Å². The average molecular weight is 522 g/mol. The first-order chi connectivity index (χ1) is 17.3. The lowest BCUT2D eigenvalue weighted by Gasteiger charge is -2.25. The fraction of sp³-hybridized carbons (Fsp3) is 0.500. The van der Waals surface area contributed by atoms with Gasteiger partial charge in [0.15, 0.2) is 0 Å². The summed E-state index contributed by atoms with van der Waals surface area (Å²) in [5.41, 5.74) is 11.8. The lowest BCUT2D eigenvalue weighted by atomic mass is 10.0. The van der Waals surface area contributed by atoms with Crippen LogP contribution in [0.3, 0.4) is 0 Å². The van der Waals surface area contributed by atoms with Gasteiger partial charge in [0.25, 0.3) is 0 Å². The van der Waals surface area contributed by atoms with E-state index >= 15 is 0 Å². The molecule has 13 heteroatoms. The summed E-state index contributed by atoms with van der Waals surface area (Å²) < 4.78 is 0. The van der Waals surface area contributed by atoms with Crippen molar-refractivity contribution < 1.29 is 39.0 Å². The third kappa shape index (κ3) is 12.0. The van der Waals surface area contributed by atoms with Crippen LogP contribution < -0.4 is 27.4 Å². The van der Waals surface area contributed by atoms with Crippen LogP contribution in [-0.2, 0) is 35.2 Å². The van der Waals surface area contributed by atoms with Crippen molar-refractivity contribution in [2.24, 2.45) is 17.4 Å². The van der Waals surface area contributed by atoms with Crippen molar-refractivity contribution >= 4 is 35.6 Å². The van der Waals surface area contributed by atoms with Crippen molar-refractivity contribution in [2.75, 3.05) is 0 Å². The van der Waals surface area contributed by atoms with Gasteiger partial charge in [-0.05, 0) is 30.7 Å². The normalized spacial score (nSPS) is 14.1. The van der Waals surface area contributed by atoms with Gasteiger partial charge in [0.1, 0.15) is 18.1 Å². The Kier molecular flexibility index (Phi) is 12.7. The van der Waals surface area contributed by atoms with Gasteiger partial charge in [-0.1, -0.05) is 44.2 Å². The first kappa shape index (κ1) is 31.0. The molecule has 0 aliphatic heterocycles. The van der Waals surface area contributed by atoms with Crippen LogP contribution in [0, 0.1) is 5.92 Å². The van der Waals surface area contributed by atoms with Gasteiger partial charge in [-0.25, -0.2) is 4.79 Å². The van der Waals surface area contributed by atoms with Gasteiger partial charge in [-0.3, -0.25) is 24.0 Å². The summed E-state index contributed by atoms with van der Waals surface area (Å²) in [5.74, 6) is -6.28. The molecule has 4 atom stereocenters. The van der Waals surface area contributed by atoms with Gasteiger partial charge in [-0.2, -0.15) is 0 Å². The molecular weight excluding hydrogens is 486 g/mol. The number of rotatable bonds is 16. The zero-order valence-corrected chi connectivity index (χ0v) is 20.8. The molecule has 13 nitrogen and oxygen atoms in total. The number of nitrogens with one attached hydrogen (secondary N) is 3. The molecule has 1 aromatic rings. The highest BCUT2D eigenvalue weighted by atomic mass is 16.4. The summed E-state index contributed by atoms with van der Waals surface area (Å²) in [4.78, 5) is 72.1. The Morgan fingerprint density at radius 1 is 0.838 bits per heavy atom. The minimum Gasteiger partial charge on any atom is -0.481 e. The van der Waals surface area contributed by atoms with Crippen LogP contribution in [0.2, 0.25) is 0 Å². The largest absolute Gasteiger partial charge is 0.481 e. The van der Waals surface area contributed by atoms with E-state index in [1.54, 1.807) is 38.1 Å². The van der Waals surface area contributed by atoms with Crippen LogP contribution in [0.1, 0.15) is 45.1 Å². The second-order valence-electron chi connectivity index (χ2n) is 9.05. The van der Waals surface area contributed by atoms with E-state index < -0.39 is 66.2 Å². The van der Waals surface area contributed by atoms with E-state index in [2.05, 4.69) is 16.0 Å². The Hall–Kier alpha value is -4.00. The highest BCUT2D eigenvalue weighted by Crippen LogP contribution is 2.08. The van der Waals surface area contributed by atoms with Crippen LogP contribution in [0.4, 0.5) is 0 Å². The average Bonchev–Trinajstić information content (AvgIpc) is 2.80. The number of amides is 4. The van der Waals surface area contributed by atoms with Gasteiger partial charge in [0, 0.05) is 6.42 Å². The van der Waals surface area contributed by atoms with Gasteiger partial charge >= 0.3 is 11.9 Å². The fourth-order valence-electron chi connectivity index (χ4n) is 3.41. The summed E-state index contributed by atoms with van der Waals surface area (Å²) in [6.07, 6.45) is -1.13. The number of aliphatic carboxylic acids is 2. The number of carbonyl (C=O) groups is 6. The summed E-state index contributed by atoms with van der Waals surface area (Å²) in [6, 6.07) is 3.73. The molecule has 0 saturated heterocycles. The minimum absolute atomic E-state index is 0.0710. The Morgan fingerprint density at radius 3 is 1.89 bits per heavy atom. The summed E-state index contributed by atoms with van der Waals surface area (Å²) in [7, 11) is 0. The van der Waals surface area contributed by atoms with Gasteiger partial charge < -0.3 is 37.6 Å². The molecule has 0 aliphatic carbocycles. The molecule has 37 heavy (non-hydrogen) atoms. The molecule has 1 rings (SSSR count). The van der Waals surface area contributed by atoms with Crippen molar-refractivity contribution in [3.63, 3.8) is 0 Å². The maximum absolute atomic E-state index is 13.0. The highest BCUT2D eigenvalue weighted by Gasteiger charge is 2.32. The SMILES string of the molecule is CC(C)CC(NC(=O)C(N)Cc1ccccc1)C(=O)NC(CC(=O)O)C(=O)NC(CCC(N)=O)C(=O)O. The molecule has 0 aromatic heterocycles. The molecule has 1 aromatic carbocycles. The topological polar surface area (TPSA) is 231 Å². The smallest absolute Gasteiger partial charge is 0.326 e. The molecule has 4 amide bonds. The van der Waals surface area contributed by atoms with E-state index in [-0.39, 0.29) is 31.6 Å². The molecule has 0 spiro atoms. The number of hydrogen-bond acceptors (Lipinski definition) is 7. The standard InChI is InChI=1S/C24H35N5O8/c1-13(2)10-17(28-21(33)15(25)11-14-6-4-3-5-7-14)22(34)29-18(12-20(31)32)23(35)27-16(24(36)37)8-9-19(26)30/h3-7,13,15-18H,8-12,25H2,1-2H3,(H2,26,30)(H,27,35)(H,28,33)(H,29,34)(H,31,32)(H,36,37). The Labute approximate surface area is 214 Å². The third-order valence-electron chi connectivity index (χ3n) is 5.28. The van der Waals surface area contributed by atoms with Crippen molar-refractivity contribution in [1.82, 2.24) is 16.0 Å². The molecule has 0 fully saturated rings. The van der Waals surface area contributed by atoms with E-state index in [0.717, 1.165) is 5.56 Å². The zero-order valence-electron chi connectivity index (χ0n) is 20.8. The molecule has 9 N–H and O–H groups in total. The molecule has 0 bridgehead atoms. The van der Waals surface area contributed by atoms with Crippen molar-refractivity contribution in [3.8, 4) is 0 Å². The molecule has 0 saturated carbocycles. The van der Waals surface area contributed by atoms with Crippen molar-refractivity contribution in [1.29, 1.82) is 0 Å². The third-order valence-corrected chi connectivity index (χ3v) is 5.28. The lowest BCUT2D eigenvalue weighted by Crippen LogP contribution is -2.57. The molecule has 0 aliphatic rings.